The van der Waals surface area contributed by atoms with E-state index in [0.717, 1.165) is 27.6 Å². The Morgan fingerprint density at radius 1 is 0.811 bits per heavy atom. The normalized spacial score (nSPS) is 14.3. The van der Waals surface area contributed by atoms with Gasteiger partial charge in [0.1, 0.15) is 17.5 Å². The van der Waals surface area contributed by atoms with E-state index in [0.29, 0.717) is 33.8 Å². The molecule has 13 heteroatoms. The molecule has 7 N–H and O–H groups in total. The highest BCUT2D eigenvalue weighted by molar-refractivity contribution is 7.58. The van der Waals surface area contributed by atoms with E-state index < -0.39 is 49.0 Å². The van der Waals surface area contributed by atoms with Gasteiger partial charge < -0.3 is 31.2 Å². The molecule has 3 unspecified atom stereocenters. The molecule has 0 aliphatic carbocycles. The average molecular weight is 773 g/mol. The van der Waals surface area contributed by atoms with Gasteiger partial charge in [-0.1, -0.05) is 102 Å². The molecular weight excluding hydrogens is 732 g/mol. The Bertz CT molecular complexity index is 2280. The number of aromatic nitrogens is 2. The molecule has 4 aromatic carbocycles. The van der Waals surface area contributed by atoms with Crippen LogP contribution in [0.2, 0.25) is 10.0 Å². The zero-order chi connectivity index (χ0) is 37.5. The summed E-state index contributed by atoms with van der Waals surface area (Å²) in [5.74, 6) is -4.16. The number of rotatable bonds is 16. The molecular formula is C40H40Cl2N5O5P. The Hall–Kier alpha value is -4.86. The molecule has 4 atom stereocenters. The van der Waals surface area contributed by atoms with E-state index in [4.69, 9.17) is 28.9 Å². The van der Waals surface area contributed by atoms with Gasteiger partial charge in [0, 0.05) is 57.9 Å². The first-order valence-electron chi connectivity index (χ1n) is 17.3. The lowest BCUT2D eigenvalue weighted by atomic mass is 9.98. The predicted octanol–water partition coefficient (Wildman–Crippen LogP) is 7.38. The molecule has 0 saturated carbocycles. The van der Waals surface area contributed by atoms with Crippen molar-refractivity contribution in [3.8, 4) is 0 Å². The molecule has 2 heterocycles. The number of nitrogens with one attached hydrogen (secondary N) is 4. The Kier molecular flexibility index (Phi) is 12.1. The number of nitrogens with two attached hydrogens (primary N) is 1. The lowest BCUT2D eigenvalue weighted by Crippen LogP contribution is -2.48. The topological polar surface area (TPSA) is 170 Å². The summed E-state index contributed by atoms with van der Waals surface area (Å²) in [6.07, 6.45) is 2.89. The minimum absolute atomic E-state index is 0.0238. The monoisotopic (exact) mass is 771 g/mol. The van der Waals surface area contributed by atoms with Crippen LogP contribution in [0.25, 0.3) is 21.8 Å². The van der Waals surface area contributed by atoms with Crippen LogP contribution in [0.1, 0.15) is 40.0 Å². The second-order valence-corrected chi connectivity index (χ2v) is 16.6. The summed E-state index contributed by atoms with van der Waals surface area (Å²) >= 11 is 12.5. The van der Waals surface area contributed by atoms with Crippen LogP contribution in [0.15, 0.2) is 109 Å². The van der Waals surface area contributed by atoms with Gasteiger partial charge in [-0.3, -0.25) is 18.9 Å². The summed E-state index contributed by atoms with van der Waals surface area (Å²) in [5.41, 5.74) is 9.91. The van der Waals surface area contributed by atoms with Gasteiger partial charge >= 0.3 is 0 Å². The van der Waals surface area contributed by atoms with E-state index in [2.05, 4.69) is 20.6 Å². The maximum Gasteiger partial charge on any atom is 0.268 e. The van der Waals surface area contributed by atoms with Crippen LogP contribution in [0, 0.1) is 5.92 Å². The molecule has 0 fully saturated rings. The third kappa shape index (κ3) is 9.58. The van der Waals surface area contributed by atoms with Crippen molar-refractivity contribution in [1.29, 1.82) is 0 Å². The van der Waals surface area contributed by atoms with E-state index in [9.17, 15) is 23.8 Å². The smallest absolute Gasteiger partial charge is 0.268 e. The highest BCUT2D eigenvalue weighted by Gasteiger charge is 2.38. The number of para-hydroxylation sites is 1. The molecule has 0 aliphatic rings. The maximum atomic E-state index is 14.5. The molecule has 0 radical (unpaired) electrons. The van der Waals surface area contributed by atoms with Gasteiger partial charge in [0.2, 0.25) is 19.2 Å². The summed E-state index contributed by atoms with van der Waals surface area (Å²) in [6, 6.07) is 30.0. The number of aromatic amines is 2. The molecule has 10 nitrogen and oxygen atoms in total. The number of aryl methyl sites for hydroxylation is 1. The molecule has 53 heavy (non-hydrogen) atoms. The van der Waals surface area contributed by atoms with E-state index in [-0.39, 0.29) is 25.0 Å². The minimum atomic E-state index is -4.35. The second-order valence-electron chi connectivity index (χ2n) is 13.3. The van der Waals surface area contributed by atoms with Crippen LogP contribution in [-0.2, 0) is 33.4 Å². The Morgan fingerprint density at radius 2 is 1.49 bits per heavy atom. The Morgan fingerprint density at radius 3 is 2.21 bits per heavy atom. The molecule has 0 spiro atoms. The van der Waals surface area contributed by atoms with Crippen LogP contribution < -0.4 is 16.4 Å². The first kappa shape index (κ1) is 37.9. The SMILES string of the molecule is NC(=O)[C@H](Cc1c[nH]c2ccccc12)NC(=O)C(CCCc1ccccc1)CP(=O)(O)C(Cc1ccccc1)NC(=O)c1cc2c(Cl)cc(Cl)cc2[nH]1. The number of carbonyl (C=O) groups is 3. The van der Waals surface area contributed by atoms with Crippen molar-refractivity contribution >= 4 is 70.1 Å². The number of halogens is 2. The lowest BCUT2D eigenvalue weighted by Gasteiger charge is -2.28. The summed E-state index contributed by atoms with van der Waals surface area (Å²) in [6.45, 7) is 0. The number of fused-ring (bicyclic) bond motifs is 2. The average Bonchev–Trinajstić information content (AvgIpc) is 3.76. The summed E-state index contributed by atoms with van der Waals surface area (Å²) < 4.78 is 14.5. The number of H-pyrrole nitrogens is 2. The molecule has 6 rings (SSSR count). The predicted molar refractivity (Wildman–Crippen MR) is 210 cm³/mol. The number of primary amides is 1. The van der Waals surface area contributed by atoms with Gasteiger partial charge in [-0.15, -0.1) is 0 Å². The minimum Gasteiger partial charge on any atom is -0.368 e. The van der Waals surface area contributed by atoms with E-state index >= 15 is 0 Å². The molecule has 274 valence electrons. The van der Waals surface area contributed by atoms with Gasteiger partial charge in [0.15, 0.2) is 0 Å². The Balaban J connectivity index is 1.26. The summed E-state index contributed by atoms with van der Waals surface area (Å²) in [4.78, 5) is 58.5. The van der Waals surface area contributed by atoms with Crippen LogP contribution in [0.5, 0.6) is 0 Å². The zero-order valence-corrected chi connectivity index (χ0v) is 31.1. The lowest BCUT2D eigenvalue weighted by molar-refractivity contribution is -0.129. The molecule has 6 aromatic rings. The van der Waals surface area contributed by atoms with Gasteiger partial charge in [-0.05, 0) is 60.2 Å². The number of hydrogen-bond donors (Lipinski definition) is 6. The summed E-state index contributed by atoms with van der Waals surface area (Å²) in [5, 5.41) is 7.77. The van der Waals surface area contributed by atoms with Crippen molar-refractivity contribution in [1.82, 2.24) is 20.6 Å². The van der Waals surface area contributed by atoms with Crippen molar-refractivity contribution in [2.24, 2.45) is 11.7 Å². The fraction of sp³-hybridized carbons (Fsp3) is 0.225. The number of hydrogen-bond acceptors (Lipinski definition) is 4. The van der Waals surface area contributed by atoms with Crippen LogP contribution in [-0.4, -0.2) is 50.6 Å². The van der Waals surface area contributed by atoms with Crippen molar-refractivity contribution in [2.45, 2.75) is 43.9 Å². The zero-order valence-electron chi connectivity index (χ0n) is 28.7. The first-order chi connectivity index (χ1) is 25.5. The quantitative estimate of drug-likeness (QED) is 0.0564. The van der Waals surface area contributed by atoms with E-state index in [1.54, 1.807) is 48.7 Å². The first-order valence-corrected chi connectivity index (χ1v) is 20.0. The van der Waals surface area contributed by atoms with Gasteiger partial charge in [0.05, 0.1) is 5.02 Å². The number of benzene rings is 4. The van der Waals surface area contributed by atoms with Gasteiger partial charge in [0.25, 0.3) is 5.91 Å². The van der Waals surface area contributed by atoms with Crippen LogP contribution in [0.4, 0.5) is 0 Å². The van der Waals surface area contributed by atoms with Crippen LogP contribution in [0.3, 0.4) is 0 Å². The van der Waals surface area contributed by atoms with E-state index in [1.165, 1.54) is 0 Å². The number of carbonyl (C=O) groups excluding carboxylic acids is 3. The molecule has 0 saturated heterocycles. The second kappa shape index (κ2) is 16.9. The Labute approximate surface area is 316 Å². The van der Waals surface area contributed by atoms with Crippen molar-refractivity contribution < 1.29 is 23.8 Å². The molecule has 0 aliphatic heterocycles. The standard InChI is InChI=1S/C40H40Cl2N5O5P/c41-29-20-32(42)31-22-36(45-34(31)21-29)40(50)47-37(18-26-12-5-2-6-13-26)53(51,52)24-27(15-9-14-25-10-3-1-4-11-25)39(49)46-35(38(43)48)19-28-23-44-33-17-8-7-16-30(28)33/h1-8,10-13,16-17,20-23,27,35,37,44-45H,9,14-15,18-19,24H2,(H2,43,48)(H,46,49)(H,47,50)(H,51,52)/t27?,35-,37?/m0/s1. The third-order valence-electron chi connectivity index (χ3n) is 9.43. The van der Waals surface area contributed by atoms with Crippen LogP contribution >= 0.6 is 30.6 Å². The van der Waals surface area contributed by atoms with Crippen molar-refractivity contribution in [2.75, 3.05) is 6.16 Å². The van der Waals surface area contributed by atoms with Crippen molar-refractivity contribution in [3.63, 3.8) is 0 Å². The van der Waals surface area contributed by atoms with E-state index in [1.807, 2.05) is 60.7 Å². The van der Waals surface area contributed by atoms with Crippen molar-refractivity contribution in [3.05, 3.63) is 142 Å². The fourth-order valence-corrected chi connectivity index (χ4v) is 9.22. The largest absolute Gasteiger partial charge is 0.368 e. The third-order valence-corrected chi connectivity index (χ3v) is 12.2. The highest BCUT2D eigenvalue weighted by Crippen LogP contribution is 2.49. The van der Waals surface area contributed by atoms with Gasteiger partial charge in [-0.25, -0.2) is 0 Å². The maximum absolute atomic E-state index is 14.5. The molecule has 0 bridgehead atoms. The van der Waals surface area contributed by atoms with Gasteiger partial charge in [-0.2, -0.15) is 0 Å². The summed E-state index contributed by atoms with van der Waals surface area (Å²) in [7, 11) is -4.35. The molecule has 3 amide bonds. The fourth-order valence-electron chi connectivity index (χ4n) is 6.62. The number of amides is 3. The highest BCUT2D eigenvalue weighted by atomic mass is 35.5. The molecule has 2 aromatic heterocycles.